The van der Waals surface area contributed by atoms with Crippen LogP contribution in [0.4, 0.5) is 0 Å². The molecule has 0 aromatic heterocycles. The van der Waals surface area contributed by atoms with Crippen LogP contribution in [0.15, 0.2) is 24.3 Å². The lowest BCUT2D eigenvalue weighted by Crippen LogP contribution is -2.35. The van der Waals surface area contributed by atoms with Crippen LogP contribution in [0.1, 0.15) is 43.7 Å². The highest BCUT2D eigenvalue weighted by atomic mass is 32.2. The Labute approximate surface area is 155 Å². The summed E-state index contributed by atoms with van der Waals surface area (Å²) in [6.07, 6.45) is 4.88. The molecule has 0 bridgehead atoms. The number of sulfone groups is 1. The van der Waals surface area contributed by atoms with Gasteiger partial charge >= 0.3 is 0 Å². The van der Waals surface area contributed by atoms with Gasteiger partial charge in [-0.05, 0) is 36.5 Å². The van der Waals surface area contributed by atoms with Crippen molar-refractivity contribution in [3.05, 3.63) is 35.4 Å². The van der Waals surface area contributed by atoms with Crippen LogP contribution < -0.4 is 5.32 Å². The monoisotopic (exact) mass is 378 g/mol. The lowest BCUT2D eigenvalue weighted by molar-refractivity contribution is -0.119. The zero-order chi connectivity index (χ0) is 19.0. The summed E-state index contributed by atoms with van der Waals surface area (Å²) in [5, 5.41) is 11.4. The summed E-state index contributed by atoms with van der Waals surface area (Å²) in [6, 6.07) is 8.29. The van der Waals surface area contributed by atoms with Crippen LogP contribution in [0.5, 0.6) is 0 Å². The second kappa shape index (κ2) is 9.70. The Morgan fingerprint density at radius 1 is 1.27 bits per heavy atom. The number of carbonyl (C=O) groups excluding carboxylic acids is 1. The molecule has 1 aliphatic carbocycles. The molecule has 1 fully saturated rings. The quantitative estimate of drug-likeness (QED) is 0.700. The van der Waals surface area contributed by atoms with Gasteiger partial charge in [-0.1, -0.05) is 31.9 Å². The summed E-state index contributed by atoms with van der Waals surface area (Å²) >= 11 is 0. The number of amides is 1. The summed E-state index contributed by atoms with van der Waals surface area (Å²) in [4.78, 5) is 11.9. The molecule has 7 heteroatoms. The average Bonchev–Trinajstić information content (AvgIpc) is 2.60. The van der Waals surface area contributed by atoms with Crippen molar-refractivity contribution < 1.29 is 17.9 Å². The van der Waals surface area contributed by atoms with Gasteiger partial charge in [0.05, 0.1) is 30.1 Å². The molecule has 2 atom stereocenters. The Bertz CT molecular complexity index is 738. The van der Waals surface area contributed by atoms with Crippen LogP contribution in [0.25, 0.3) is 0 Å². The molecule has 2 rings (SSSR count). The summed E-state index contributed by atoms with van der Waals surface area (Å²) in [6.45, 7) is 2.89. The van der Waals surface area contributed by atoms with Crippen molar-refractivity contribution in [2.24, 2.45) is 5.92 Å². The number of hydrogen-bond donors (Lipinski definition) is 1. The molecule has 1 amide bonds. The number of rotatable bonds is 8. The first-order valence-corrected chi connectivity index (χ1v) is 10.8. The van der Waals surface area contributed by atoms with E-state index in [-0.39, 0.29) is 11.9 Å². The fourth-order valence-corrected chi connectivity index (χ4v) is 4.47. The fraction of sp³-hybridized carbons (Fsp3) is 0.579. The maximum absolute atomic E-state index is 12.1. The van der Waals surface area contributed by atoms with E-state index in [0.29, 0.717) is 30.2 Å². The Hall–Kier alpha value is -1.91. The molecular weight excluding hydrogens is 352 g/mol. The molecular formula is C19H26N2O4S. The van der Waals surface area contributed by atoms with Gasteiger partial charge < -0.3 is 10.1 Å². The normalized spacial score (nSPS) is 20.3. The third-order valence-corrected chi connectivity index (χ3v) is 6.08. The molecule has 1 aliphatic rings. The Kier molecular flexibility index (Phi) is 7.61. The number of ether oxygens (including phenoxy) is 1. The van der Waals surface area contributed by atoms with Gasteiger partial charge in [-0.2, -0.15) is 5.26 Å². The van der Waals surface area contributed by atoms with Gasteiger partial charge in [0.1, 0.15) is 5.75 Å². The van der Waals surface area contributed by atoms with Gasteiger partial charge in [-0.3, -0.25) is 4.79 Å². The predicted octanol–water partition coefficient (Wildman–Crippen LogP) is 2.18. The van der Waals surface area contributed by atoms with Gasteiger partial charge in [0.25, 0.3) is 0 Å². The molecule has 2 unspecified atom stereocenters. The van der Waals surface area contributed by atoms with E-state index in [1.807, 2.05) is 6.07 Å². The minimum Gasteiger partial charge on any atom is -0.376 e. The first-order valence-electron chi connectivity index (χ1n) is 8.97. The molecule has 0 heterocycles. The van der Waals surface area contributed by atoms with E-state index in [0.717, 1.165) is 6.42 Å². The highest BCUT2D eigenvalue weighted by Crippen LogP contribution is 2.25. The topological polar surface area (TPSA) is 96.3 Å². The number of carbonyl (C=O) groups is 1. The maximum Gasteiger partial charge on any atom is 0.235 e. The third kappa shape index (κ3) is 6.77. The van der Waals surface area contributed by atoms with E-state index >= 15 is 0 Å². The SMILES string of the molecule is CC1CCCCC1OCCNC(=O)CS(=O)(=O)Cc1ccc(C#N)cc1. The molecule has 1 saturated carbocycles. The second-order valence-corrected chi connectivity index (χ2v) is 8.93. The van der Waals surface area contributed by atoms with Crippen molar-refractivity contribution >= 4 is 15.7 Å². The fourth-order valence-electron chi connectivity index (χ4n) is 3.16. The minimum atomic E-state index is -3.56. The minimum absolute atomic E-state index is 0.220. The Balaban J connectivity index is 1.71. The predicted molar refractivity (Wildman–Crippen MR) is 99.0 cm³/mol. The van der Waals surface area contributed by atoms with Crippen LogP contribution >= 0.6 is 0 Å². The zero-order valence-electron chi connectivity index (χ0n) is 15.1. The molecule has 142 valence electrons. The van der Waals surface area contributed by atoms with Crippen LogP contribution in [-0.2, 0) is 25.1 Å². The molecule has 0 aliphatic heterocycles. The van der Waals surface area contributed by atoms with Crippen molar-refractivity contribution in [3.63, 3.8) is 0 Å². The van der Waals surface area contributed by atoms with Gasteiger partial charge in [-0.15, -0.1) is 0 Å². The molecule has 1 N–H and O–H groups in total. The van der Waals surface area contributed by atoms with E-state index in [2.05, 4.69) is 12.2 Å². The van der Waals surface area contributed by atoms with Gasteiger partial charge in [0, 0.05) is 6.54 Å². The van der Waals surface area contributed by atoms with Gasteiger partial charge in [-0.25, -0.2) is 8.42 Å². The first-order chi connectivity index (χ1) is 12.4. The van der Waals surface area contributed by atoms with Crippen LogP contribution in [0, 0.1) is 17.2 Å². The number of nitrogens with zero attached hydrogens (tertiary/aromatic N) is 1. The van der Waals surface area contributed by atoms with Gasteiger partial charge in [0.2, 0.25) is 5.91 Å². The number of nitriles is 1. The molecule has 0 radical (unpaired) electrons. The lowest BCUT2D eigenvalue weighted by Gasteiger charge is -2.28. The largest absolute Gasteiger partial charge is 0.376 e. The second-order valence-electron chi connectivity index (χ2n) is 6.86. The Morgan fingerprint density at radius 2 is 1.96 bits per heavy atom. The van der Waals surface area contributed by atoms with E-state index in [1.54, 1.807) is 24.3 Å². The van der Waals surface area contributed by atoms with Crippen molar-refractivity contribution in [1.82, 2.24) is 5.32 Å². The molecule has 26 heavy (non-hydrogen) atoms. The highest BCUT2D eigenvalue weighted by Gasteiger charge is 2.22. The van der Waals surface area contributed by atoms with Crippen LogP contribution in [-0.4, -0.2) is 39.3 Å². The summed E-state index contributed by atoms with van der Waals surface area (Å²) in [5.74, 6) is -0.749. The van der Waals surface area contributed by atoms with E-state index in [4.69, 9.17) is 10.00 Å². The number of benzene rings is 1. The van der Waals surface area contributed by atoms with E-state index in [9.17, 15) is 13.2 Å². The van der Waals surface area contributed by atoms with Crippen molar-refractivity contribution in [1.29, 1.82) is 5.26 Å². The first kappa shape index (κ1) is 20.4. The van der Waals surface area contributed by atoms with E-state index < -0.39 is 21.5 Å². The molecule has 1 aromatic carbocycles. The maximum atomic E-state index is 12.1. The summed E-state index contributed by atoms with van der Waals surface area (Å²) in [7, 11) is -3.56. The lowest BCUT2D eigenvalue weighted by atomic mass is 9.88. The number of hydrogen-bond acceptors (Lipinski definition) is 5. The average molecular weight is 378 g/mol. The number of nitrogens with one attached hydrogen (secondary N) is 1. The molecule has 0 spiro atoms. The Morgan fingerprint density at radius 3 is 2.62 bits per heavy atom. The summed E-state index contributed by atoms with van der Waals surface area (Å²) in [5.41, 5.74) is 1.03. The van der Waals surface area contributed by atoms with Gasteiger partial charge in [0.15, 0.2) is 9.84 Å². The summed E-state index contributed by atoms with van der Waals surface area (Å²) < 4.78 is 30.1. The van der Waals surface area contributed by atoms with Crippen molar-refractivity contribution in [2.75, 3.05) is 18.9 Å². The van der Waals surface area contributed by atoms with Crippen molar-refractivity contribution in [2.45, 2.75) is 44.5 Å². The molecule has 6 nitrogen and oxygen atoms in total. The molecule has 0 saturated heterocycles. The molecule has 1 aromatic rings. The highest BCUT2D eigenvalue weighted by molar-refractivity contribution is 7.91. The zero-order valence-corrected chi connectivity index (χ0v) is 15.9. The van der Waals surface area contributed by atoms with E-state index in [1.165, 1.54) is 19.3 Å². The third-order valence-electron chi connectivity index (χ3n) is 4.61. The van der Waals surface area contributed by atoms with Crippen molar-refractivity contribution in [3.8, 4) is 6.07 Å². The smallest absolute Gasteiger partial charge is 0.235 e. The standard InChI is InChI=1S/C19H26N2O4S/c1-15-4-2-3-5-18(15)25-11-10-21-19(22)14-26(23,24)13-17-8-6-16(12-20)7-9-17/h6-9,15,18H,2-5,10-11,13-14H2,1H3,(H,21,22). The van der Waals surface area contributed by atoms with Crippen LogP contribution in [0.2, 0.25) is 0 Å². The van der Waals surface area contributed by atoms with Crippen LogP contribution in [0.3, 0.4) is 0 Å².